The first kappa shape index (κ1) is 22.2. The van der Waals surface area contributed by atoms with Gasteiger partial charge in [-0.25, -0.2) is 4.79 Å². The molecule has 0 bridgehead atoms. The molecular formula is C22H32O6. The van der Waals surface area contributed by atoms with Crippen molar-refractivity contribution in [2.45, 2.75) is 72.5 Å². The van der Waals surface area contributed by atoms with Gasteiger partial charge in [0.2, 0.25) is 0 Å². The molecule has 0 aromatic carbocycles. The van der Waals surface area contributed by atoms with E-state index in [4.69, 9.17) is 14.2 Å². The van der Waals surface area contributed by atoms with E-state index in [1.165, 1.54) is 6.92 Å². The molecule has 0 amide bonds. The summed E-state index contributed by atoms with van der Waals surface area (Å²) in [4.78, 5) is 35.6. The fraction of sp³-hybridized carbons (Fsp3) is 0.682. The molecule has 0 aromatic heterocycles. The number of carbonyl (C=O) groups excluding carboxylic acids is 3. The Balaban J connectivity index is 2.24. The Hall–Kier alpha value is -2.11. The first-order valence-electron chi connectivity index (χ1n) is 10.1. The number of hydrogen-bond acceptors (Lipinski definition) is 6. The predicted octanol–water partition coefficient (Wildman–Crippen LogP) is 3.74. The van der Waals surface area contributed by atoms with Gasteiger partial charge in [0.15, 0.2) is 0 Å². The number of ether oxygens (including phenoxy) is 3. The Morgan fingerprint density at radius 1 is 1.32 bits per heavy atom. The highest BCUT2D eigenvalue weighted by Gasteiger charge is 2.50. The predicted molar refractivity (Wildman–Crippen MR) is 104 cm³/mol. The zero-order valence-electron chi connectivity index (χ0n) is 17.6. The highest BCUT2D eigenvalue weighted by Crippen LogP contribution is 2.45. The van der Waals surface area contributed by atoms with Gasteiger partial charge in [0.1, 0.15) is 12.2 Å². The van der Waals surface area contributed by atoms with E-state index in [9.17, 15) is 14.4 Å². The van der Waals surface area contributed by atoms with E-state index in [-0.39, 0.29) is 35.8 Å². The molecular weight excluding hydrogens is 360 g/mol. The molecule has 0 aromatic rings. The van der Waals surface area contributed by atoms with Crippen LogP contribution in [0.15, 0.2) is 23.3 Å². The van der Waals surface area contributed by atoms with Crippen LogP contribution in [0.5, 0.6) is 0 Å². The van der Waals surface area contributed by atoms with Crippen LogP contribution in [0.3, 0.4) is 0 Å². The Bertz CT molecular complexity index is 677. The van der Waals surface area contributed by atoms with Crippen LogP contribution in [-0.4, -0.2) is 36.7 Å². The highest BCUT2D eigenvalue weighted by molar-refractivity contribution is 5.91. The van der Waals surface area contributed by atoms with E-state index in [1.807, 2.05) is 20.8 Å². The minimum absolute atomic E-state index is 0.120. The fourth-order valence-corrected chi connectivity index (χ4v) is 4.06. The zero-order valence-corrected chi connectivity index (χ0v) is 17.6. The SMILES string of the molecule is C=C1C(=O)O[C@@H]2CC(C)=C([C@@H](C)CCCOC(C)=O)[C@@H](OC(=O)[C@H](C)CC)[C@H]12. The monoisotopic (exact) mass is 392 g/mol. The molecule has 1 aliphatic carbocycles. The lowest BCUT2D eigenvalue weighted by Crippen LogP contribution is -2.41. The van der Waals surface area contributed by atoms with Crippen LogP contribution < -0.4 is 0 Å². The lowest BCUT2D eigenvalue weighted by Gasteiger charge is -2.38. The molecule has 156 valence electrons. The number of rotatable bonds is 8. The number of hydrogen-bond donors (Lipinski definition) is 0. The minimum atomic E-state index is -0.539. The third kappa shape index (κ3) is 4.83. The van der Waals surface area contributed by atoms with Crippen molar-refractivity contribution in [3.8, 4) is 0 Å². The molecule has 0 spiro atoms. The summed E-state index contributed by atoms with van der Waals surface area (Å²) in [5, 5.41) is 0. The topological polar surface area (TPSA) is 78.9 Å². The maximum Gasteiger partial charge on any atom is 0.334 e. The van der Waals surface area contributed by atoms with Crippen molar-refractivity contribution in [2.24, 2.45) is 17.8 Å². The van der Waals surface area contributed by atoms with Crippen molar-refractivity contribution in [1.29, 1.82) is 0 Å². The van der Waals surface area contributed by atoms with Gasteiger partial charge in [-0.2, -0.15) is 0 Å². The average molecular weight is 392 g/mol. The van der Waals surface area contributed by atoms with Crippen molar-refractivity contribution >= 4 is 17.9 Å². The van der Waals surface area contributed by atoms with Gasteiger partial charge in [0.25, 0.3) is 0 Å². The molecule has 1 aliphatic heterocycles. The lowest BCUT2D eigenvalue weighted by atomic mass is 9.73. The Labute approximate surface area is 167 Å². The van der Waals surface area contributed by atoms with E-state index in [0.717, 1.165) is 17.6 Å². The second-order valence-electron chi connectivity index (χ2n) is 7.98. The van der Waals surface area contributed by atoms with Crippen LogP contribution in [0.2, 0.25) is 0 Å². The largest absolute Gasteiger partial charge is 0.466 e. The highest BCUT2D eigenvalue weighted by atomic mass is 16.6. The normalized spacial score (nSPS) is 26.4. The summed E-state index contributed by atoms with van der Waals surface area (Å²) in [5.41, 5.74) is 2.51. The molecule has 0 unspecified atom stereocenters. The second-order valence-corrected chi connectivity index (χ2v) is 7.98. The molecule has 6 heteroatoms. The first-order chi connectivity index (χ1) is 13.2. The van der Waals surface area contributed by atoms with Gasteiger partial charge in [0, 0.05) is 18.9 Å². The summed E-state index contributed by atoms with van der Waals surface area (Å²) in [7, 11) is 0. The third-order valence-electron chi connectivity index (χ3n) is 5.83. The van der Waals surface area contributed by atoms with E-state index in [0.29, 0.717) is 31.4 Å². The summed E-state index contributed by atoms with van der Waals surface area (Å²) in [6.07, 6.45) is 1.95. The molecule has 28 heavy (non-hydrogen) atoms. The fourth-order valence-electron chi connectivity index (χ4n) is 4.06. The molecule has 1 saturated heterocycles. The summed E-state index contributed by atoms with van der Waals surface area (Å²) in [5.74, 6) is -1.40. The van der Waals surface area contributed by atoms with Crippen molar-refractivity contribution in [2.75, 3.05) is 6.61 Å². The molecule has 2 rings (SSSR count). The molecule has 5 atom stereocenters. The van der Waals surface area contributed by atoms with E-state index >= 15 is 0 Å². The standard InChI is InChI=1S/C22H32O6/c1-7-12(2)21(24)28-20-18(13(3)9-8-10-26-16(6)23)14(4)11-17-19(20)15(5)22(25)27-17/h12-13,17,19-20H,5,7-11H2,1-4,6H3/t12-,13+,17-,19-,20-/m1/s1. The second kappa shape index (κ2) is 9.39. The summed E-state index contributed by atoms with van der Waals surface area (Å²) in [6.45, 7) is 13.5. The smallest absolute Gasteiger partial charge is 0.334 e. The zero-order chi connectivity index (χ0) is 21.0. The van der Waals surface area contributed by atoms with Crippen LogP contribution in [0.1, 0.15) is 60.3 Å². The molecule has 0 radical (unpaired) electrons. The molecule has 6 nitrogen and oxygen atoms in total. The van der Waals surface area contributed by atoms with Gasteiger partial charge in [-0.3, -0.25) is 9.59 Å². The minimum Gasteiger partial charge on any atom is -0.466 e. The molecule has 0 saturated carbocycles. The van der Waals surface area contributed by atoms with Crippen LogP contribution >= 0.6 is 0 Å². The van der Waals surface area contributed by atoms with E-state index in [1.54, 1.807) is 0 Å². The molecule has 0 N–H and O–H groups in total. The van der Waals surface area contributed by atoms with Gasteiger partial charge in [0.05, 0.1) is 18.4 Å². The number of esters is 3. The van der Waals surface area contributed by atoms with Gasteiger partial charge in [-0.15, -0.1) is 0 Å². The average Bonchev–Trinajstić information content (AvgIpc) is 2.91. The number of fused-ring (bicyclic) bond motifs is 1. The van der Waals surface area contributed by atoms with Gasteiger partial charge in [-0.1, -0.05) is 32.9 Å². The van der Waals surface area contributed by atoms with Crippen LogP contribution in [-0.2, 0) is 28.6 Å². The van der Waals surface area contributed by atoms with Gasteiger partial charge < -0.3 is 14.2 Å². The van der Waals surface area contributed by atoms with E-state index < -0.39 is 12.1 Å². The van der Waals surface area contributed by atoms with Crippen molar-refractivity contribution < 1.29 is 28.6 Å². The van der Waals surface area contributed by atoms with Gasteiger partial charge in [-0.05, 0) is 37.7 Å². The molecule has 1 fully saturated rings. The van der Waals surface area contributed by atoms with Crippen molar-refractivity contribution in [1.82, 2.24) is 0 Å². The van der Waals surface area contributed by atoms with Crippen LogP contribution in [0, 0.1) is 17.8 Å². The Kier molecular flexibility index (Phi) is 7.44. The van der Waals surface area contributed by atoms with Crippen LogP contribution in [0.4, 0.5) is 0 Å². The Morgan fingerprint density at radius 2 is 2.00 bits per heavy atom. The molecule has 2 aliphatic rings. The summed E-state index contributed by atoms with van der Waals surface area (Å²) >= 11 is 0. The van der Waals surface area contributed by atoms with Crippen molar-refractivity contribution in [3.63, 3.8) is 0 Å². The Morgan fingerprint density at radius 3 is 2.61 bits per heavy atom. The van der Waals surface area contributed by atoms with Crippen LogP contribution in [0.25, 0.3) is 0 Å². The maximum absolute atomic E-state index is 12.6. The summed E-state index contributed by atoms with van der Waals surface area (Å²) < 4.78 is 16.5. The molecule has 1 heterocycles. The summed E-state index contributed by atoms with van der Waals surface area (Å²) in [6, 6.07) is 0. The lowest BCUT2D eigenvalue weighted by molar-refractivity contribution is -0.155. The van der Waals surface area contributed by atoms with Gasteiger partial charge >= 0.3 is 17.9 Å². The third-order valence-corrected chi connectivity index (χ3v) is 5.83. The quantitative estimate of drug-likeness (QED) is 0.206. The maximum atomic E-state index is 12.6. The first-order valence-corrected chi connectivity index (χ1v) is 10.1. The van der Waals surface area contributed by atoms with Crippen molar-refractivity contribution in [3.05, 3.63) is 23.3 Å². The van der Waals surface area contributed by atoms with E-state index in [2.05, 4.69) is 13.5 Å². The number of carbonyl (C=O) groups is 3.